The van der Waals surface area contributed by atoms with Crippen molar-refractivity contribution in [3.63, 3.8) is 0 Å². The van der Waals surface area contributed by atoms with Crippen LogP contribution < -0.4 is 5.32 Å². The Labute approximate surface area is 116 Å². The van der Waals surface area contributed by atoms with Crippen LogP contribution >= 0.6 is 0 Å². The molecule has 1 aromatic carbocycles. The van der Waals surface area contributed by atoms with Gasteiger partial charge in [0.05, 0.1) is 12.7 Å². The predicted molar refractivity (Wildman–Crippen MR) is 68.9 cm³/mol. The molecular formula is C14H17F3N2O. The van der Waals surface area contributed by atoms with Gasteiger partial charge in [-0.2, -0.15) is 18.4 Å². The molecule has 0 bridgehead atoms. The Morgan fingerprint density at radius 3 is 2.40 bits per heavy atom. The number of hydrogen-bond donors (Lipinski definition) is 1. The average Bonchev–Trinajstić information content (AvgIpc) is 2.42. The molecule has 0 spiro atoms. The summed E-state index contributed by atoms with van der Waals surface area (Å²) < 4.78 is 40.7. The predicted octanol–water partition coefficient (Wildman–Crippen LogP) is 2.98. The molecule has 0 aromatic heterocycles. The topological polar surface area (TPSA) is 45.0 Å². The van der Waals surface area contributed by atoms with Crippen LogP contribution in [0.1, 0.15) is 18.9 Å². The first-order valence-corrected chi connectivity index (χ1v) is 6.30. The Balaban J connectivity index is 2.73. The van der Waals surface area contributed by atoms with Gasteiger partial charge in [-0.1, -0.05) is 37.3 Å². The molecular weight excluding hydrogens is 269 g/mol. The second kappa shape index (κ2) is 7.27. The van der Waals surface area contributed by atoms with Crippen LogP contribution in [0.3, 0.4) is 0 Å². The molecule has 0 amide bonds. The van der Waals surface area contributed by atoms with Crippen molar-refractivity contribution in [2.45, 2.75) is 25.1 Å². The van der Waals surface area contributed by atoms with E-state index < -0.39 is 18.3 Å². The van der Waals surface area contributed by atoms with Gasteiger partial charge in [0.15, 0.2) is 0 Å². The summed E-state index contributed by atoms with van der Waals surface area (Å²) in [7, 11) is 0. The first-order valence-electron chi connectivity index (χ1n) is 6.30. The summed E-state index contributed by atoms with van der Waals surface area (Å²) in [6, 6.07) is 11.1. The van der Waals surface area contributed by atoms with E-state index in [0.29, 0.717) is 6.54 Å². The van der Waals surface area contributed by atoms with Crippen LogP contribution in [-0.2, 0) is 10.3 Å². The second-order valence-corrected chi connectivity index (χ2v) is 4.33. The number of nitriles is 1. The van der Waals surface area contributed by atoms with Crippen LogP contribution in [0.15, 0.2) is 30.3 Å². The molecule has 1 rings (SSSR count). The molecule has 1 N–H and O–H groups in total. The van der Waals surface area contributed by atoms with E-state index in [-0.39, 0.29) is 13.0 Å². The van der Waals surface area contributed by atoms with Crippen molar-refractivity contribution in [3.05, 3.63) is 35.9 Å². The van der Waals surface area contributed by atoms with E-state index in [4.69, 9.17) is 0 Å². The molecule has 1 aromatic rings. The fourth-order valence-electron chi connectivity index (χ4n) is 1.93. The summed E-state index contributed by atoms with van der Waals surface area (Å²) in [6.07, 6.45) is -4.20. The van der Waals surface area contributed by atoms with Gasteiger partial charge in [-0.3, -0.25) is 5.32 Å². The van der Waals surface area contributed by atoms with E-state index in [9.17, 15) is 18.4 Å². The maximum atomic E-state index is 12.0. The third kappa shape index (κ3) is 4.83. The number of hydrogen-bond acceptors (Lipinski definition) is 3. The summed E-state index contributed by atoms with van der Waals surface area (Å²) >= 11 is 0. The van der Waals surface area contributed by atoms with Gasteiger partial charge in [-0.25, -0.2) is 0 Å². The highest BCUT2D eigenvalue weighted by Gasteiger charge is 2.32. The molecule has 6 heteroatoms. The van der Waals surface area contributed by atoms with E-state index in [1.54, 1.807) is 24.3 Å². The highest BCUT2D eigenvalue weighted by atomic mass is 19.4. The van der Waals surface area contributed by atoms with Crippen molar-refractivity contribution in [2.75, 3.05) is 19.8 Å². The van der Waals surface area contributed by atoms with E-state index in [1.165, 1.54) is 0 Å². The van der Waals surface area contributed by atoms with E-state index in [1.807, 2.05) is 13.0 Å². The van der Waals surface area contributed by atoms with Crippen LogP contribution in [0.25, 0.3) is 0 Å². The summed E-state index contributed by atoms with van der Waals surface area (Å²) in [5, 5.41) is 12.5. The molecule has 0 saturated carbocycles. The summed E-state index contributed by atoms with van der Waals surface area (Å²) in [6.45, 7) is 0.928. The zero-order valence-corrected chi connectivity index (χ0v) is 11.2. The number of ether oxygens (including phenoxy) is 1. The lowest BCUT2D eigenvalue weighted by Crippen LogP contribution is -2.42. The SMILES string of the molecule is CCNC(C#N)(CCOCC(F)(F)F)c1ccccc1. The molecule has 0 heterocycles. The highest BCUT2D eigenvalue weighted by molar-refractivity contribution is 5.31. The Hall–Kier alpha value is -1.58. The number of benzene rings is 1. The maximum absolute atomic E-state index is 12.0. The number of nitrogens with one attached hydrogen (secondary N) is 1. The highest BCUT2D eigenvalue weighted by Crippen LogP contribution is 2.25. The van der Waals surface area contributed by atoms with Gasteiger partial charge >= 0.3 is 6.18 Å². The lowest BCUT2D eigenvalue weighted by Gasteiger charge is -2.28. The normalized spacial score (nSPS) is 14.6. The van der Waals surface area contributed by atoms with Crippen LogP contribution in [0.2, 0.25) is 0 Å². The van der Waals surface area contributed by atoms with Crippen LogP contribution in [0, 0.1) is 11.3 Å². The maximum Gasteiger partial charge on any atom is 0.411 e. The quantitative estimate of drug-likeness (QED) is 0.784. The van der Waals surface area contributed by atoms with E-state index in [0.717, 1.165) is 5.56 Å². The van der Waals surface area contributed by atoms with E-state index >= 15 is 0 Å². The van der Waals surface area contributed by atoms with Crippen molar-refractivity contribution < 1.29 is 17.9 Å². The van der Waals surface area contributed by atoms with Crippen molar-refractivity contribution in [1.29, 1.82) is 5.26 Å². The third-order valence-corrected chi connectivity index (χ3v) is 2.82. The molecule has 0 saturated heterocycles. The number of rotatable bonds is 7. The summed E-state index contributed by atoms with van der Waals surface area (Å²) in [4.78, 5) is 0. The molecule has 1 atom stereocenters. The minimum atomic E-state index is -4.35. The summed E-state index contributed by atoms with van der Waals surface area (Å²) in [5.41, 5.74) is -0.304. The minimum Gasteiger partial charge on any atom is -0.372 e. The van der Waals surface area contributed by atoms with Gasteiger partial charge in [-0.15, -0.1) is 0 Å². The number of halogens is 3. The monoisotopic (exact) mass is 286 g/mol. The lowest BCUT2D eigenvalue weighted by atomic mass is 9.88. The van der Waals surface area contributed by atoms with Gasteiger partial charge in [0.25, 0.3) is 0 Å². The first-order chi connectivity index (χ1) is 9.43. The van der Waals surface area contributed by atoms with Crippen LogP contribution in [-0.4, -0.2) is 25.9 Å². The summed E-state index contributed by atoms with van der Waals surface area (Å²) in [5.74, 6) is 0. The zero-order valence-electron chi connectivity index (χ0n) is 11.2. The number of nitrogens with zero attached hydrogens (tertiary/aromatic N) is 1. The van der Waals surface area contributed by atoms with Gasteiger partial charge < -0.3 is 4.74 Å². The molecule has 0 radical (unpaired) electrons. The average molecular weight is 286 g/mol. The Kier molecular flexibility index (Phi) is 5.99. The fourth-order valence-corrected chi connectivity index (χ4v) is 1.93. The molecule has 0 aliphatic rings. The molecule has 0 aliphatic carbocycles. The third-order valence-electron chi connectivity index (χ3n) is 2.82. The second-order valence-electron chi connectivity index (χ2n) is 4.33. The molecule has 110 valence electrons. The van der Waals surface area contributed by atoms with Gasteiger partial charge in [0.2, 0.25) is 0 Å². The Morgan fingerprint density at radius 2 is 1.90 bits per heavy atom. The van der Waals surface area contributed by atoms with Crippen molar-refractivity contribution in [3.8, 4) is 6.07 Å². The largest absolute Gasteiger partial charge is 0.411 e. The van der Waals surface area contributed by atoms with Crippen LogP contribution in [0.5, 0.6) is 0 Å². The minimum absolute atomic E-state index is 0.144. The van der Waals surface area contributed by atoms with Crippen LogP contribution in [0.4, 0.5) is 13.2 Å². The van der Waals surface area contributed by atoms with Gasteiger partial charge in [0.1, 0.15) is 12.1 Å². The lowest BCUT2D eigenvalue weighted by molar-refractivity contribution is -0.174. The first kappa shape index (κ1) is 16.5. The standard InChI is InChI=1S/C14H17F3N2O/c1-2-19-13(10-18,12-6-4-3-5-7-12)8-9-20-11-14(15,16)17/h3-7,19H,2,8-9,11H2,1H3. The molecule has 1 unspecified atom stereocenters. The molecule has 20 heavy (non-hydrogen) atoms. The number of alkyl halides is 3. The Morgan fingerprint density at radius 1 is 1.25 bits per heavy atom. The zero-order chi connectivity index (χ0) is 15.1. The molecule has 0 fully saturated rings. The van der Waals surface area contributed by atoms with Gasteiger partial charge in [0, 0.05) is 6.42 Å². The van der Waals surface area contributed by atoms with Crippen molar-refractivity contribution in [2.24, 2.45) is 0 Å². The smallest absolute Gasteiger partial charge is 0.372 e. The molecule has 0 aliphatic heterocycles. The van der Waals surface area contributed by atoms with Gasteiger partial charge in [-0.05, 0) is 12.1 Å². The van der Waals surface area contributed by atoms with Crippen molar-refractivity contribution in [1.82, 2.24) is 5.32 Å². The fraction of sp³-hybridized carbons (Fsp3) is 0.500. The van der Waals surface area contributed by atoms with Crippen molar-refractivity contribution >= 4 is 0 Å². The Bertz CT molecular complexity index is 442. The molecule has 3 nitrogen and oxygen atoms in total. The van der Waals surface area contributed by atoms with E-state index in [2.05, 4.69) is 16.1 Å².